The molecular formula is C7H10N4S. The van der Waals surface area contributed by atoms with Gasteiger partial charge in [-0.3, -0.25) is 0 Å². The summed E-state index contributed by atoms with van der Waals surface area (Å²) >= 11 is 4.75. The van der Waals surface area contributed by atoms with Crippen molar-refractivity contribution in [2.45, 2.75) is 13.3 Å². The van der Waals surface area contributed by atoms with Crippen LogP contribution in [0.3, 0.4) is 0 Å². The van der Waals surface area contributed by atoms with Gasteiger partial charge >= 0.3 is 0 Å². The van der Waals surface area contributed by atoms with E-state index in [0.29, 0.717) is 17.2 Å². The third kappa shape index (κ3) is 1.68. The topological polar surface area (TPSA) is 77.8 Å². The molecule has 0 radical (unpaired) electrons. The summed E-state index contributed by atoms with van der Waals surface area (Å²) in [5, 5.41) is 0. The maximum Gasteiger partial charge on any atom is 0.137 e. The summed E-state index contributed by atoms with van der Waals surface area (Å²) < 4.78 is 0. The minimum Gasteiger partial charge on any atom is -0.389 e. The zero-order chi connectivity index (χ0) is 9.14. The second-order valence-corrected chi connectivity index (χ2v) is 2.74. The zero-order valence-electron chi connectivity index (χ0n) is 6.74. The van der Waals surface area contributed by atoms with E-state index >= 15 is 0 Å². The Morgan fingerprint density at radius 3 is 2.75 bits per heavy atom. The molecule has 0 amide bonds. The summed E-state index contributed by atoms with van der Waals surface area (Å²) in [6, 6.07) is 0. The first-order chi connectivity index (χ1) is 5.65. The van der Waals surface area contributed by atoms with E-state index in [0.717, 1.165) is 6.42 Å². The van der Waals surface area contributed by atoms with Gasteiger partial charge in [0, 0.05) is 12.6 Å². The number of anilines is 1. The molecule has 1 aromatic rings. The van der Waals surface area contributed by atoms with Crippen LogP contribution in [0.5, 0.6) is 0 Å². The highest BCUT2D eigenvalue weighted by atomic mass is 32.1. The first-order valence-corrected chi connectivity index (χ1v) is 3.97. The van der Waals surface area contributed by atoms with Crippen LogP contribution >= 0.6 is 12.2 Å². The number of nitrogen functional groups attached to an aromatic ring is 1. The van der Waals surface area contributed by atoms with Gasteiger partial charge in [-0.15, -0.1) is 0 Å². The number of aromatic nitrogens is 2. The van der Waals surface area contributed by atoms with Crippen LogP contribution in [0.4, 0.5) is 5.82 Å². The van der Waals surface area contributed by atoms with Crippen LogP contribution < -0.4 is 11.5 Å². The van der Waals surface area contributed by atoms with E-state index in [1.165, 1.54) is 0 Å². The molecule has 0 unspecified atom stereocenters. The van der Waals surface area contributed by atoms with Crippen LogP contribution in [-0.2, 0) is 6.42 Å². The Kier molecular flexibility index (Phi) is 2.54. The highest BCUT2D eigenvalue weighted by Gasteiger charge is 2.04. The van der Waals surface area contributed by atoms with Crippen molar-refractivity contribution >= 4 is 23.0 Å². The van der Waals surface area contributed by atoms with E-state index in [9.17, 15) is 0 Å². The zero-order valence-corrected chi connectivity index (χ0v) is 7.56. The molecule has 0 saturated heterocycles. The number of hydrogen-bond donors (Lipinski definition) is 2. The predicted molar refractivity (Wildman–Crippen MR) is 51.7 cm³/mol. The second-order valence-electron chi connectivity index (χ2n) is 2.30. The van der Waals surface area contributed by atoms with Gasteiger partial charge in [-0.25, -0.2) is 9.97 Å². The van der Waals surface area contributed by atoms with Crippen molar-refractivity contribution in [2.75, 3.05) is 5.73 Å². The number of nitrogens with zero attached hydrogens (tertiary/aromatic N) is 2. The van der Waals surface area contributed by atoms with Gasteiger partial charge < -0.3 is 11.5 Å². The third-order valence-corrected chi connectivity index (χ3v) is 1.67. The largest absolute Gasteiger partial charge is 0.389 e. The van der Waals surface area contributed by atoms with Crippen molar-refractivity contribution in [1.29, 1.82) is 0 Å². The van der Waals surface area contributed by atoms with Gasteiger partial charge in [0.1, 0.15) is 16.6 Å². The molecule has 4 N–H and O–H groups in total. The van der Waals surface area contributed by atoms with Gasteiger partial charge in [-0.05, 0) is 0 Å². The minimum absolute atomic E-state index is 0.232. The third-order valence-electron chi connectivity index (χ3n) is 1.45. The first-order valence-electron chi connectivity index (χ1n) is 3.56. The molecule has 0 saturated carbocycles. The number of aryl methyl sites for hydroxylation is 1. The summed E-state index contributed by atoms with van der Waals surface area (Å²) in [6.07, 6.45) is 2.31. The van der Waals surface area contributed by atoms with E-state index in [-0.39, 0.29) is 4.99 Å². The van der Waals surface area contributed by atoms with Crippen LogP contribution in [0.25, 0.3) is 0 Å². The normalized spacial score (nSPS) is 9.75. The fraction of sp³-hybridized carbons (Fsp3) is 0.286. The lowest BCUT2D eigenvalue weighted by Gasteiger charge is -2.02. The van der Waals surface area contributed by atoms with Gasteiger partial charge in [-0.2, -0.15) is 0 Å². The van der Waals surface area contributed by atoms with Crippen LogP contribution in [-0.4, -0.2) is 15.0 Å². The summed E-state index contributed by atoms with van der Waals surface area (Å²) in [5.74, 6) is 1.06. The molecule has 0 aromatic carbocycles. The Morgan fingerprint density at radius 1 is 1.67 bits per heavy atom. The monoisotopic (exact) mass is 182 g/mol. The molecule has 0 aliphatic carbocycles. The van der Waals surface area contributed by atoms with Gasteiger partial charge in [-0.1, -0.05) is 19.1 Å². The van der Waals surface area contributed by atoms with E-state index in [1.54, 1.807) is 6.20 Å². The smallest absolute Gasteiger partial charge is 0.137 e. The van der Waals surface area contributed by atoms with Crippen LogP contribution in [0.2, 0.25) is 0 Å². The molecule has 0 aliphatic rings. The lowest BCUT2D eigenvalue weighted by Crippen LogP contribution is -2.14. The van der Waals surface area contributed by atoms with Crippen molar-refractivity contribution in [3.05, 3.63) is 17.6 Å². The van der Waals surface area contributed by atoms with Crippen molar-refractivity contribution in [3.8, 4) is 0 Å². The Balaban J connectivity index is 3.12. The van der Waals surface area contributed by atoms with Gasteiger partial charge in [0.2, 0.25) is 0 Å². The highest BCUT2D eigenvalue weighted by Crippen LogP contribution is 2.06. The molecule has 1 heterocycles. The van der Waals surface area contributed by atoms with Gasteiger partial charge in [0.15, 0.2) is 0 Å². The summed E-state index contributed by atoms with van der Waals surface area (Å²) in [7, 11) is 0. The predicted octanol–water partition coefficient (Wildman–Crippen LogP) is 0.255. The number of rotatable bonds is 2. The minimum atomic E-state index is 0.232. The first kappa shape index (κ1) is 8.86. The maximum absolute atomic E-state index is 5.58. The lowest BCUT2D eigenvalue weighted by molar-refractivity contribution is 0.943. The fourth-order valence-electron chi connectivity index (χ4n) is 0.794. The Morgan fingerprint density at radius 2 is 2.33 bits per heavy atom. The average Bonchev–Trinajstić information content (AvgIpc) is 2.03. The van der Waals surface area contributed by atoms with Crippen LogP contribution in [0.1, 0.15) is 18.3 Å². The quantitative estimate of drug-likeness (QED) is 0.641. The Hall–Kier alpha value is -1.23. The molecule has 0 aliphatic heterocycles. The van der Waals surface area contributed by atoms with E-state index in [1.807, 2.05) is 6.92 Å². The summed E-state index contributed by atoms with van der Waals surface area (Å²) in [5.41, 5.74) is 11.5. The molecular weight excluding hydrogens is 172 g/mol. The molecule has 64 valence electrons. The second kappa shape index (κ2) is 3.44. The van der Waals surface area contributed by atoms with Crippen molar-refractivity contribution in [3.63, 3.8) is 0 Å². The number of nitrogens with two attached hydrogens (primary N) is 2. The van der Waals surface area contributed by atoms with Gasteiger partial charge in [0.25, 0.3) is 0 Å². The SMILES string of the molecule is CCc1ncc(C(N)=S)c(N)n1. The fourth-order valence-corrected chi connectivity index (χ4v) is 0.951. The lowest BCUT2D eigenvalue weighted by atomic mass is 10.3. The average molecular weight is 182 g/mol. The highest BCUT2D eigenvalue weighted by molar-refractivity contribution is 7.80. The summed E-state index contributed by atoms with van der Waals surface area (Å²) in [6.45, 7) is 1.95. The molecule has 0 spiro atoms. The molecule has 5 heteroatoms. The molecule has 4 nitrogen and oxygen atoms in total. The number of hydrogen-bond acceptors (Lipinski definition) is 4. The van der Waals surface area contributed by atoms with Crippen LogP contribution in [0, 0.1) is 0 Å². The standard InChI is InChI=1S/C7H10N4S/c1-2-5-10-3-4(7(9)12)6(8)11-5/h3H,2H2,1H3,(H2,9,12)(H2,8,10,11). The molecule has 0 bridgehead atoms. The molecule has 1 aromatic heterocycles. The Labute approximate surface area is 76.0 Å². The van der Waals surface area contributed by atoms with Crippen molar-refractivity contribution in [1.82, 2.24) is 9.97 Å². The molecule has 0 atom stereocenters. The van der Waals surface area contributed by atoms with Crippen LogP contribution in [0.15, 0.2) is 6.20 Å². The molecule has 12 heavy (non-hydrogen) atoms. The van der Waals surface area contributed by atoms with E-state index in [2.05, 4.69) is 9.97 Å². The van der Waals surface area contributed by atoms with Crippen molar-refractivity contribution < 1.29 is 0 Å². The molecule has 0 fully saturated rings. The van der Waals surface area contributed by atoms with E-state index < -0.39 is 0 Å². The maximum atomic E-state index is 5.58. The van der Waals surface area contributed by atoms with Crippen molar-refractivity contribution in [2.24, 2.45) is 5.73 Å². The molecule has 1 rings (SSSR count). The summed E-state index contributed by atoms with van der Waals surface area (Å²) in [4.78, 5) is 8.26. The van der Waals surface area contributed by atoms with E-state index in [4.69, 9.17) is 23.7 Å². The van der Waals surface area contributed by atoms with Gasteiger partial charge in [0.05, 0.1) is 5.56 Å². The number of thiocarbonyl (C=S) groups is 1. The Bertz CT molecular complexity index is 310.